The van der Waals surface area contributed by atoms with Gasteiger partial charge in [-0.15, -0.1) is 6.58 Å². The van der Waals surface area contributed by atoms with Crippen LogP contribution >= 0.6 is 15.9 Å². The maximum absolute atomic E-state index is 12.4. The number of hydrogen-bond donors (Lipinski definition) is 0. The van der Waals surface area contributed by atoms with Gasteiger partial charge in [0.05, 0.1) is 14.2 Å². The lowest BCUT2D eigenvalue weighted by molar-refractivity contribution is -0.169. The molecule has 124 valence electrons. The van der Waals surface area contributed by atoms with E-state index in [1.54, 1.807) is 24.3 Å². The molecule has 0 fully saturated rings. The molecule has 0 amide bonds. The summed E-state index contributed by atoms with van der Waals surface area (Å²) in [6.45, 7) is 3.57. The van der Waals surface area contributed by atoms with E-state index in [9.17, 15) is 14.4 Å². The van der Waals surface area contributed by atoms with Crippen LogP contribution in [-0.2, 0) is 19.1 Å². The van der Waals surface area contributed by atoms with Gasteiger partial charge in [-0.25, -0.2) is 0 Å². The molecule has 0 saturated heterocycles. The third-order valence-corrected chi connectivity index (χ3v) is 4.29. The summed E-state index contributed by atoms with van der Waals surface area (Å²) < 4.78 is 10.2. The van der Waals surface area contributed by atoms with Gasteiger partial charge in [0.15, 0.2) is 11.2 Å². The Morgan fingerprint density at radius 3 is 2.22 bits per heavy atom. The van der Waals surface area contributed by atoms with E-state index in [1.807, 2.05) is 0 Å². The second-order valence-corrected chi connectivity index (χ2v) is 5.82. The number of carbonyl (C=O) groups is 3. The fourth-order valence-electron chi connectivity index (χ4n) is 2.34. The number of rotatable bonds is 8. The summed E-state index contributed by atoms with van der Waals surface area (Å²) in [7, 11) is 2.39. The Labute approximate surface area is 143 Å². The van der Waals surface area contributed by atoms with Crippen LogP contribution in [0.15, 0.2) is 41.4 Å². The molecule has 0 unspecified atom stereocenters. The first kappa shape index (κ1) is 19.1. The maximum Gasteiger partial charge on any atom is 0.323 e. The van der Waals surface area contributed by atoms with E-state index in [2.05, 4.69) is 22.5 Å². The van der Waals surface area contributed by atoms with E-state index in [-0.39, 0.29) is 25.0 Å². The third-order valence-electron chi connectivity index (χ3n) is 3.60. The molecular weight excluding hydrogens is 364 g/mol. The molecule has 1 aromatic carbocycles. The summed E-state index contributed by atoms with van der Waals surface area (Å²) in [5.74, 6) is -1.65. The lowest BCUT2D eigenvalue weighted by Crippen LogP contribution is -2.41. The number of allylic oxidation sites excluding steroid dienone is 1. The number of esters is 2. The predicted octanol–water partition coefficient (Wildman–Crippen LogP) is 3.32. The molecule has 6 heteroatoms. The molecule has 23 heavy (non-hydrogen) atoms. The standard InChI is InChI=1S/C17H19BrO5/c1-4-10-17(15(20)22-2,16(21)23-3)11-9-14(19)12-7-5-6-8-13(12)18/h4-8H,1,9-11H2,2-3H3. The van der Waals surface area contributed by atoms with Gasteiger partial charge in [-0.05, 0) is 18.9 Å². The highest BCUT2D eigenvalue weighted by Gasteiger charge is 2.47. The highest BCUT2D eigenvalue weighted by atomic mass is 79.9. The number of Topliss-reactive ketones (excluding diaryl/α,β-unsaturated/α-hetero) is 1. The van der Waals surface area contributed by atoms with Gasteiger partial charge < -0.3 is 9.47 Å². The van der Waals surface area contributed by atoms with Crippen molar-refractivity contribution in [1.29, 1.82) is 0 Å². The topological polar surface area (TPSA) is 69.7 Å². The second-order valence-electron chi connectivity index (χ2n) is 4.96. The minimum Gasteiger partial charge on any atom is -0.468 e. The fourth-order valence-corrected chi connectivity index (χ4v) is 2.85. The molecule has 0 aliphatic rings. The average molecular weight is 383 g/mol. The molecule has 0 radical (unpaired) electrons. The van der Waals surface area contributed by atoms with Gasteiger partial charge in [0.2, 0.25) is 0 Å². The number of ether oxygens (including phenoxy) is 2. The zero-order valence-electron chi connectivity index (χ0n) is 13.1. The predicted molar refractivity (Wildman–Crippen MR) is 89.0 cm³/mol. The fraction of sp³-hybridized carbons (Fsp3) is 0.353. The van der Waals surface area contributed by atoms with Crippen LogP contribution < -0.4 is 0 Å². The number of benzene rings is 1. The smallest absolute Gasteiger partial charge is 0.323 e. The van der Waals surface area contributed by atoms with Gasteiger partial charge in [0.1, 0.15) is 0 Å². The van der Waals surface area contributed by atoms with Gasteiger partial charge in [-0.2, -0.15) is 0 Å². The zero-order valence-corrected chi connectivity index (χ0v) is 14.7. The SMILES string of the molecule is C=CCC(CCC(=O)c1ccccc1Br)(C(=O)OC)C(=O)OC. The van der Waals surface area contributed by atoms with Crippen LogP contribution in [0, 0.1) is 5.41 Å². The van der Waals surface area contributed by atoms with Crippen LogP contribution in [0.25, 0.3) is 0 Å². The number of hydrogen-bond acceptors (Lipinski definition) is 5. The van der Waals surface area contributed by atoms with Crippen molar-refractivity contribution in [2.24, 2.45) is 5.41 Å². The lowest BCUT2D eigenvalue weighted by Gasteiger charge is -2.26. The van der Waals surface area contributed by atoms with Gasteiger partial charge in [-0.1, -0.05) is 40.2 Å². The van der Waals surface area contributed by atoms with Crippen molar-refractivity contribution in [3.63, 3.8) is 0 Å². The number of halogens is 1. The second kappa shape index (κ2) is 8.62. The lowest BCUT2D eigenvalue weighted by atomic mass is 9.79. The minimum atomic E-state index is -1.55. The van der Waals surface area contributed by atoms with Crippen LogP contribution in [0.5, 0.6) is 0 Å². The Hall–Kier alpha value is -1.95. The number of carbonyl (C=O) groups excluding carboxylic acids is 3. The Kier molecular flexibility index (Phi) is 7.16. The van der Waals surface area contributed by atoms with E-state index >= 15 is 0 Å². The van der Waals surface area contributed by atoms with Crippen LogP contribution in [0.4, 0.5) is 0 Å². The highest BCUT2D eigenvalue weighted by molar-refractivity contribution is 9.10. The van der Waals surface area contributed by atoms with Crippen molar-refractivity contribution in [2.75, 3.05) is 14.2 Å². The van der Waals surface area contributed by atoms with Crippen molar-refractivity contribution >= 4 is 33.7 Å². The molecule has 0 saturated carbocycles. The first-order valence-electron chi connectivity index (χ1n) is 6.98. The average Bonchev–Trinajstić information content (AvgIpc) is 2.57. The van der Waals surface area contributed by atoms with E-state index in [4.69, 9.17) is 9.47 Å². The first-order valence-corrected chi connectivity index (χ1v) is 7.77. The highest BCUT2D eigenvalue weighted by Crippen LogP contribution is 2.33. The van der Waals surface area contributed by atoms with Crippen molar-refractivity contribution in [2.45, 2.75) is 19.3 Å². The summed E-state index contributed by atoms with van der Waals surface area (Å²) in [6, 6.07) is 6.98. The molecule has 0 aromatic heterocycles. The Bertz CT molecular complexity index is 593. The third kappa shape index (κ3) is 4.28. The Balaban J connectivity index is 3.04. The number of ketones is 1. The van der Waals surface area contributed by atoms with E-state index in [0.29, 0.717) is 10.0 Å². The molecule has 0 heterocycles. The Morgan fingerprint density at radius 2 is 1.74 bits per heavy atom. The molecule has 1 rings (SSSR count). The molecule has 5 nitrogen and oxygen atoms in total. The van der Waals surface area contributed by atoms with E-state index in [1.165, 1.54) is 20.3 Å². The van der Waals surface area contributed by atoms with Crippen LogP contribution in [0.3, 0.4) is 0 Å². The van der Waals surface area contributed by atoms with E-state index < -0.39 is 17.4 Å². The van der Waals surface area contributed by atoms with Crippen LogP contribution in [-0.4, -0.2) is 31.9 Å². The van der Waals surface area contributed by atoms with Crippen LogP contribution in [0.1, 0.15) is 29.6 Å². The first-order chi connectivity index (χ1) is 10.9. The van der Waals surface area contributed by atoms with Crippen molar-refractivity contribution < 1.29 is 23.9 Å². The van der Waals surface area contributed by atoms with Gasteiger partial charge in [0, 0.05) is 16.5 Å². The molecule has 0 aliphatic heterocycles. The summed E-state index contributed by atoms with van der Waals surface area (Å²) in [5.41, 5.74) is -1.06. The molecule has 0 atom stereocenters. The van der Waals surface area contributed by atoms with Crippen molar-refractivity contribution in [1.82, 2.24) is 0 Å². The van der Waals surface area contributed by atoms with Crippen LogP contribution in [0.2, 0.25) is 0 Å². The summed E-state index contributed by atoms with van der Waals surface area (Å²) in [4.78, 5) is 36.7. The molecular formula is C17H19BrO5. The largest absolute Gasteiger partial charge is 0.468 e. The minimum absolute atomic E-state index is 0.000648. The molecule has 0 spiro atoms. The molecule has 0 bridgehead atoms. The van der Waals surface area contributed by atoms with Crippen molar-refractivity contribution in [3.05, 3.63) is 47.0 Å². The van der Waals surface area contributed by atoms with E-state index in [0.717, 1.165) is 0 Å². The normalized spacial score (nSPS) is 10.7. The summed E-state index contributed by atoms with van der Waals surface area (Å²) in [5, 5.41) is 0. The van der Waals surface area contributed by atoms with Gasteiger partial charge in [0.25, 0.3) is 0 Å². The zero-order chi connectivity index (χ0) is 17.5. The van der Waals surface area contributed by atoms with Crippen molar-refractivity contribution in [3.8, 4) is 0 Å². The van der Waals surface area contributed by atoms with Gasteiger partial charge >= 0.3 is 11.9 Å². The molecule has 0 N–H and O–H groups in total. The molecule has 1 aromatic rings. The molecule has 0 aliphatic carbocycles. The summed E-state index contributed by atoms with van der Waals surface area (Å²) >= 11 is 3.31. The quantitative estimate of drug-likeness (QED) is 0.298. The summed E-state index contributed by atoms with van der Waals surface area (Å²) in [6.07, 6.45) is 1.46. The number of methoxy groups -OCH3 is 2. The monoisotopic (exact) mass is 382 g/mol. The maximum atomic E-state index is 12.4. The van der Waals surface area contributed by atoms with Gasteiger partial charge in [-0.3, -0.25) is 14.4 Å². The Morgan fingerprint density at radius 1 is 1.17 bits per heavy atom.